The van der Waals surface area contributed by atoms with Gasteiger partial charge in [-0.05, 0) is 12.8 Å². The second-order valence-corrected chi connectivity index (χ2v) is 2.71. The smallest absolute Gasteiger partial charge is 0.211 e. The molecular weight excluding hydrogens is 295 g/mol. The Morgan fingerprint density at radius 2 is 1.14 bits per heavy atom. The summed E-state index contributed by atoms with van der Waals surface area (Å²) in [5.74, 6) is 0. The van der Waals surface area contributed by atoms with Gasteiger partial charge >= 0.3 is 0 Å². The first kappa shape index (κ1) is 15.9. The Hall–Kier alpha value is -0.510. The first-order valence-electron chi connectivity index (χ1n) is 4.49. The van der Waals surface area contributed by atoms with E-state index in [0.29, 0.717) is 13.1 Å². The number of carbonyl (C=O) groups excluding carboxylic acids is 2. The maximum Gasteiger partial charge on any atom is 0.234 e. The van der Waals surface area contributed by atoms with Gasteiger partial charge in [-0.2, -0.15) is 0 Å². The monoisotopic (exact) mass is 312 g/mol. The third-order valence-corrected chi connectivity index (χ3v) is 1.67. The molecule has 0 fully saturated rings. The Kier molecular flexibility index (Phi) is 17.1. The molecular formula is C9H17IN2O2. The van der Waals surface area contributed by atoms with Crippen molar-refractivity contribution in [3.63, 3.8) is 0 Å². The van der Waals surface area contributed by atoms with E-state index in [1.807, 2.05) is 0 Å². The Morgan fingerprint density at radius 3 is 1.50 bits per heavy atom. The summed E-state index contributed by atoms with van der Waals surface area (Å²) < 4.78 is 0. The summed E-state index contributed by atoms with van der Waals surface area (Å²) in [6.45, 7) is 1.16. The fourth-order valence-electron chi connectivity index (χ4n) is 1.00. The molecule has 0 aliphatic heterocycles. The molecule has 0 saturated carbocycles. The lowest BCUT2D eigenvalue weighted by atomic mass is 10.1. The molecule has 0 aromatic carbocycles. The molecule has 0 spiro atoms. The largest absolute Gasteiger partial charge is 0.234 e. The minimum atomic E-state index is 0. The number of rotatable bonds is 8. The Labute approximate surface area is 102 Å². The third kappa shape index (κ3) is 14.0. The molecule has 4 nitrogen and oxygen atoms in total. The van der Waals surface area contributed by atoms with Crippen molar-refractivity contribution in [2.45, 2.75) is 32.1 Å². The van der Waals surface area contributed by atoms with Crippen LogP contribution in [0, 0.1) is 0 Å². The van der Waals surface area contributed by atoms with Crippen molar-refractivity contribution in [1.29, 1.82) is 0 Å². The predicted octanol–water partition coefficient (Wildman–Crippen LogP) is 2.47. The average Bonchev–Trinajstić information content (AvgIpc) is 2.16. The number of hydrogen-bond donors (Lipinski definition) is 0. The molecule has 0 aromatic rings. The van der Waals surface area contributed by atoms with Gasteiger partial charge in [-0.15, -0.1) is 24.0 Å². The van der Waals surface area contributed by atoms with E-state index in [0.717, 1.165) is 32.1 Å². The van der Waals surface area contributed by atoms with Crippen LogP contribution in [0.4, 0.5) is 0 Å². The molecule has 5 heteroatoms. The van der Waals surface area contributed by atoms with E-state index in [9.17, 15) is 9.59 Å². The highest BCUT2D eigenvalue weighted by atomic mass is 127. The molecule has 0 aromatic heterocycles. The highest BCUT2D eigenvalue weighted by molar-refractivity contribution is 14.0. The van der Waals surface area contributed by atoms with Gasteiger partial charge in [-0.1, -0.05) is 19.3 Å². The summed E-state index contributed by atoms with van der Waals surface area (Å²) in [6, 6.07) is 0. The summed E-state index contributed by atoms with van der Waals surface area (Å²) in [7, 11) is 0. The van der Waals surface area contributed by atoms with Gasteiger partial charge in [0.1, 0.15) is 0 Å². The van der Waals surface area contributed by atoms with E-state index in [2.05, 4.69) is 9.98 Å². The van der Waals surface area contributed by atoms with Gasteiger partial charge in [-0.3, -0.25) is 0 Å². The topological polar surface area (TPSA) is 58.9 Å². The van der Waals surface area contributed by atoms with Crippen molar-refractivity contribution in [1.82, 2.24) is 0 Å². The Morgan fingerprint density at radius 1 is 0.786 bits per heavy atom. The van der Waals surface area contributed by atoms with Crippen LogP contribution in [0.15, 0.2) is 9.98 Å². The first-order valence-corrected chi connectivity index (χ1v) is 4.49. The highest BCUT2D eigenvalue weighted by Crippen LogP contribution is 2.02. The van der Waals surface area contributed by atoms with Crippen molar-refractivity contribution < 1.29 is 11.0 Å². The van der Waals surface area contributed by atoms with Crippen LogP contribution in [0.3, 0.4) is 0 Å². The van der Waals surface area contributed by atoms with E-state index in [1.165, 1.54) is 12.2 Å². The SMILES string of the molecule is I.O=C=NCCCCCCCN=C=O.[HH]. The first-order chi connectivity index (χ1) is 6.41. The number of nitrogens with zero attached hydrogens (tertiary/aromatic N) is 2. The molecule has 0 bridgehead atoms. The van der Waals surface area contributed by atoms with E-state index in [1.54, 1.807) is 0 Å². The Bertz CT molecular complexity index is 192. The lowest BCUT2D eigenvalue weighted by Gasteiger charge is -1.95. The van der Waals surface area contributed by atoms with E-state index in [-0.39, 0.29) is 25.4 Å². The lowest BCUT2D eigenvalue weighted by molar-refractivity contribution is 0.559. The minimum Gasteiger partial charge on any atom is -0.211 e. The predicted molar refractivity (Wildman–Crippen MR) is 66.6 cm³/mol. The van der Waals surface area contributed by atoms with Crippen LogP contribution in [0.5, 0.6) is 0 Å². The van der Waals surface area contributed by atoms with Crippen LogP contribution in [0.25, 0.3) is 0 Å². The molecule has 0 N–H and O–H groups in total. The normalized spacial score (nSPS) is 8.00. The quantitative estimate of drug-likeness (QED) is 0.299. The maximum atomic E-state index is 9.67. The molecule has 0 radical (unpaired) electrons. The van der Waals surface area contributed by atoms with Gasteiger partial charge in [0.15, 0.2) is 0 Å². The molecule has 0 aliphatic carbocycles. The number of halogens is 1. The standard InChI is InChI=1S/C9H14N2O2.HI.H2/c12-8-10-6-4-2-1-3-5-7-11-9-13;;/h1-7H2;2*1H. The van der Waals surface area contributed by atoms with E-state index >= 15 is 0 Å². The number of unbranched alkanes of at least 4 members (excludes halogenated alkanes) is 4. The van der Waals surface area contributed by atoms with E-state index < -0.39 is 0 Å². The van der Waals surface area contributed by atoms with Gasteiger partial charge in [0.2, 0.25) is 12.2 Å². The number of hydrogen-bond acceptors (Lipinski definition) is 4. The van der Waals surface area contributed by atoms with Crippen LogP contribution >= 0.6 is 24.0 Å². The highest BCUT2D eigenvalue weighted by Gasteiger charge is 1.89. The fraction of sp³-hybridized carbons (Fsp3) is 0.778. The van der Waals surface area contributed by atoms with Crippen LogP contribution in [-0.4, -0.2) is 25.2 Å². The average molecular weight is 312 g/mol. The van der Waals surface area contributed by atoms with Crippen LogP contribution in [-0.2, 0) is 9.59 Å². The molecule has 0 heterocycles. The molecule has 0 atom stereocenters. The van der Waals surface area contributed by atoms with Gasteiger partial charge in [0, 0.05) is 1.43 Å². The second-order valence-electron chi connectivity index (χ2n) is 2.71. The molecule has 0 amide bonds. The minimum absolute atomic E-state index is 0. The van der Waals surface area contributed by atoms with Gasteiger partial charge in [0.25, 0.3) is 0 Å². The molecule has 14 heavy (non-hydrogen) atoms. The van der Waals surface area contributed by atoms with Crippen molar-refractivity contribution in [3.8, 4) is 0 Å². The summed E-state index contributed by atoms with van der Waals surface area (Å²) in [6.07, 6.45) is 8.11. The van der Waals surface area contributed by atoms with Crippen LogP contribution < -0.4 is 0 Å². The molecule has 82 valence electrons. The van der Waals surface area contributed by atoms with Gasteiger partial charge in [-0.25, -0.2) is 19.6 Å². The zero-order valence-electron chi connectivity index (χ0n) is 8.07. The van der Waals surface area contributed by atoms with Crippen molar-refractivity contribution in [3.05, 3.63) is 0 Å². The van der Waals surface area contributed by atoms with Crippen molar-refractivity contribution in [2.75, 3.05) is 13.1 Å². The van der Waals surface area contributed by atoms with Crippen LogP contribution in [0.2, 0.25) is 0 Å². The lowest BCUT2D eigenvalue weighted by Crippen LogP contribution is -1.84. The summed E-state index contributed by atoms with van der Waals surface area (Å²) in [4.78, 5) is 26.2. The zero-order chi connectivity index (χ0) is 9.78. The van der Waals surface area contributed by atoms with Gasteiger partial charge in [0.05, 0.1) is 13.1 Å². The van der Waals surface area contributed by atoms with Crippen molar-refractivity contribution in [2.24, 2.45) is 9.98 Å². The molecule has 0 rings (SSSR count). The molecule has 0 saturated heterocycles. The maximum absolute atomic E-state index is 9.67. The van der Waals surface area contributed by atoms with E-state index in [4.69, 9.17) is 0 Å². The number of isocyanates is 2. The molecule has 0 aliphatic rings. The summed E-state index contributed by atoms with van der Waals surface area (Å²) in [5, 5.41) is 0. The Balaban J connectivity index is -0.000000720. The summed E-state index contributed by atoms with van der Waals surface area (Å²) >= 11 is 0. The fourth-order valence-corrected chi connectivity index (χ4v) is 1.00. The summed E-state index contributed by atoms with van der Waals surface area (Å²) in [5.41, 5.74) is 0. The van der Waals surface area contributed by atoms with Gasteiger partial charge < -0.3 is 0 Å². The zero-order valence-corrected chi connectivity index (χ0v) is 10.4. The third-order valence-electron chi connectivity index (χ3n) is 1.67. The van der Waals surface area contributed by atoms with Crippen molar-refractivity contribution >= 4 is 36.1 Å². The number of aliphatic imine (C=N–C) groups is 2. The second kappa shape index (κ2) is 15.0. The molecule has 0 unspecified atom stereocenters. The van der Waals surface area contributed by atoms with Crippen LogP contribution in [0.1, 0.15) is 33.5 Å².